The molecular formula is C22H20N2O4S. The molecule has 0 radical (unpaired) electrons. The maximum atomic E-state index is 12.6. The summed E-state index contributed by atoms with van der Waals surface area (Å²) >= 11 is 1.31. The van der Waals surface area contributed by atoms with E-state index in [1.54, 1.807) is 49.4 Å². The number of carbonyl (C=O) groups is 3. The Kier molecular flexibility index (Phi) is 6.19. The molecule has 0 atom stereocenters. The molecule has 0 aliphatic carbocycles. The van der Waals surface area contributed by atoms with Crippen molar-refractivity contribution in [3.63, 3.8) is 0 Å². The van der Waals surface area contributed by atoms with Crippen molar-refractivity contribution < 1.29 is 19.1 Å². The molecule has 0 aliphatic rings. The van der Waals surface area contributed by atoms with E-state index in [1.807, 2.05) is 10.6 Å². The van der Waals surface area contributed by atoms with Gasteiger partial charge in [-0.1, -0.05) is 29.5 Å². The standard InChI is InChI=1S/C22H20N2O4S/c1-4-12-24-18-11-10-17(21(27)28-5-2)13-19(18)29-22(24)23-20(26)16-8-6-15(7-9-16)14(3)25/h4,6-11,13H,1,5,12H2,2-3H3. The van der Waals surface area contributed by atoms with Crippen molar-refractivity contribution in [2.75, 3.05) is 6.61 Å². The number of nitrogens with zero attached hydrogens (tertiary/aromatic N) is 2. The lowest BCUT2D eigenvalue weighted by molar-refractivity contribution is 0.0526. The molecule has 29 heavy (non-hydrogen) atoms. The van der Waals surface area contributed by atoms with Crippen LogP contribution in [-0.4, -0.2) is 28.8 Å². The second kappa shape index (κ2) is 8.79. The Morgan fingerprint density at radius 1 is 1.10 bits per heavy atom. The van der Waals surface area contributed by atoms with E-state index in [9.17, 15) is 14.4 Å². The summed E-state index contributed by atoms with van der Waals surface area (Å²) in [6, 6.07) is 11.6. The molecule has 0 bridgehead atoms. The quantitative estimate of drug-likeness (QED) is 0.351. The third-order valence-electron chi connectivity index (χ3n) is 4.24. The molecule has 6 nitrogen and oxygen atoms in total. The van der Waals surface area contributed by atoms with Crippen LogP contribution < -0.4 is 4.80 Å². The van der Waals surface area contributed by atoms with E-state index in [2.05, 4.69) is 11.6 Å². The Morgan fingerprint density at radius 2 is 1.76 bits per heavy atom. The number of benzene rings is 2. The van der Waals surface area contributed by atoms with Gasteiger partial charge < -0.3 is 9.30 Å². The highest BCUT2D eigenvalue weighted by molar-refractivity contribution is 7.16. The Morgan fingerprint density at radius 3 is 2.38 bits per heavy atom. The first kappa shape index (κ1) is 20.4. The molecule has 148 valence electrons. The summed E-state index contributed by atoms with van der Waals surface area (Å²) in [7, 11) is 0. The molecule has 0 N–H and O–H groups in total. The van der Waals surface area contributed by atoms with Gasteiger partial charge in [-0.15, -0.1) is 6.58 Å². The first-order chi connectivity index (χ1) is 13.9. The molecule has 2 aromatic carbocycles. The highest BCUT2D eigenvalue weighted by Gasteiger charge is 2.13. The second-order valence-corrected chi connectivity index (χ2v) is 7.25. The molecule has 3 aromatic rings. The summed E-state index contributed by atoms with van der Waals surface area (Å²) in [5, 5.41) is 0. The SMILES string of the molecule is C=CCn1c(=NC(=O)c2ccc(C(C)=O)cc2)sc2cc(C(=O)OCC)ccc21. The van der Waals surface area contributed by atoms with Crippen LogP contribution in [0.2, 0.25) is 0 Å². The first-order valence-corrected chi connectivity index (χ1v) is 9.87. The Hall–Kier alpha value is -3.32. The molecule has 0 aliphatic heterocycles. The van der Waals surface area contributed by atoms with Gasteiger partial charge in [0.2, 0.25) is 0 Å². The molecule has 7 heteroatoms. The lowest BCUT2D eigenvalue weighted by atomic mass is 10.1. The lowest BCUT2D eigenvalue weighted by Crippen LogP contribution is -2.16. The predicted octanol–water partition coefficient (Wildman–Crippen LogP) is 4.01. The molecule has 0 fully saturated rings. The van der Waals surface area contributed by atoms with Crippen LogP contribution in [0.1, 0.15) is 44.9 Å². The van der Waals surface area contributed by atoms with Gasteiger partial charge in [0.05, 0.1) is 22.4 Å². The molecule has 1 heterocycles. The average Bonchev–Trinajstić information content (AvgIpc) is 3.04. The van der Waals surface area contributed by atoms with Crippen molar-refractivity contribution in [1.82, 2.24) is 4.57 Å². The summed E-state index contributed by atoms with van der Waals surface area (Å²) in [4.78, 5) is 40.8. The molecule has 1 amide bonds. The average molecular weight is 408 g/mol. The van der Waals surface area contributed by atoms with Crippen molar-refractivity contribution in [2.24, 2.45) is 4.99 Å². The van der Waals surface area contributed by atoms with Crippen molar-refractivity contribution in [2.45, 2.75) is 20.4 Å². The van der Waals surface area contributed by atoms with Crippen molar-refractivity contribution in [1.29, 1.82) is 0 Å². The number of esters is 1. The fraction of sp³-hybridized carbons (Fsp3) is 0.182. The van der Waals surface area contributed by atoms with Gasteiger partial charge in [-0.2, -0.15) is 4.99 Å². The van der Waals surface area contributed by atoms with Crippen molar-refractivity contribution in [3.8, 4) is 0 Å². The Bertz CT molecular complexity index is 1170. The molecule has 0 saturated carbocycles. The largest absolute Gasteiger partial charge is 0.462 e. The van der Waals surface area contributed by atoms with Gasteiger partial charge in [0.25, 0.3) is 5.91 Å². The fourth-order valence-corrected chi connectivity index (χ4v) is 3.88. The fourth-order valence-electron chi connectivity index (χ4n) is 2.80. The number of rotatable bonds is 6. The number of allylic oxidation sites excluding steroid dienone is 1. The first-order valence-electron chi connectivity index (χ1n) is 9.06. The summed E-state index contributed by atoms with van der Waals surface area (Å²) in [6.07, 6.45) is 1.72. The predicted molar refractivity (Wildman–Crippen MR) is 112 cm³/mol. The summed E-state index contributed by atoms with van der Waals surface area (Å²) in [6.45, 7) is 7.76. The minimum absolute atomic E-state index is 0.0633. The van der Waals surface area contributed by atoms with Gasteiger partial charge in [0.1, 0.15) is 0 Å². The van der Waals surface area contributed by atoms with Crippen LogP contribution in [0.25, 0.3) is 10.2 Å². The van der Waals surface area contributed by atoms with Gasteiger partial charge in [0, 0.05) is 17.7 Å². The topological polar surface area (TPSA) is 77.7 Å². The highest BCUT2D eigenvalue weighted by Crippen LogP contribution is 2.20. The van der Waals surface area contributed by atoms with Gasteiger partial charge in [-0.05, 0) is 44.2 Å². The lowest BCUT2D eigenvalue weighted by Gasteiger charge is -2.03. The van der Waals surface area contributed by atoms with Crippen LogP contribution in [0.15, 0.2) is 60.1 Å². The number of hydrogen-bond donors (Lipinski definition) is 0. The van der Waals surface area contributed by atoms with Crippen molar-refractivity contribution >= 4 is 39.2 Å². The maximum Gasteiger partial charge on any atom is 0.338 e. The monoisotopic (exact) mass is 408 g/mol. The molecular weight excluding hydrogens is 388 g/mol. The molecule has 1 aromatic heterocycles. The molecule has 3 rings (SSSR count). The number of thiazole rings is 1. The molecule has 0 spiro atoms. The number of carbonyl (C=O) groups excluding carboxylic acids is 3. The zero-order valence-electron chi connectivity index (χ0n) is 16.2. The third kappa shape index (κ3) is 4.41. The number of Topliss-reactive ketones (excluding diaryl/α,β-unsaturated/α-hetero) is 1. The van der Waals surface area contributed by atoms with Gasteiger partial charge in [-0.3, -0.25) is 9.59 Å². The zero-order valence-corrected chi connectivity index (χ0v) is 17.0. The minimum Gasteiger partial charge on any atom is -0.462 e. The summed E-state index contributed by atoms with van der Waals surface area (Å²) in [5.74, 6) is -0.861. The van der Waals surface area contributed by atoms with Crippen LogP contribution in [0.5, 0.6) is 0 Å². The number of ether oxygens (including phenoxy) is 1. The number of ketones is 1. The summed E-state index contributed by atoms with van der Waals surface area (Å²) in [5.41, 5.74) is 2.23. The van der Waals surface area contributed by atoms with E-state index in [-0.39, 0.29) is 5.78 Å². The molecule has 0 saturated heterocycles. The van der Waals surface area contributed by atoms with E-state index in [0.29, 0.717) is 34.6 Å². The van der Waals surface area contributed by atoms with Crippen LogP contribution in [0, 0.1) is 0 Å². The Balaban J connectivity index is 2.05. The van der Waals surface area contributed by atoms with E-state index in [1.165, 1.54) is 18.3 Å². The third-order valence-corrected chi connectivity index (χ3v) is 5.28. The smallest absolute Gasteiger partial charge is 0.338 e. The van der Waals surface area contributed by atoms with E-state index >= 15 is 0 Å². The van der Waals surface area contributed by atoms with Gasteiger partial charge in [0.15, 0.2) is 10.6 Å². The van der Waals surface area contributed by atoms with Crippen LogP contribution in [0.3, 0.4) is 0 Å². The second-order valence-electron chi connectivity index (χ2n) is 6.24. The highest BCUT2D eigenvalue weighted by atomic mass is 32.1. The Labute approximate surface area is 171 Å². The van der Waals surface area contributed by atoms with E-state index < -0.39 is 11.9 Å². The number of hydrogen-bond acceptors (Lipinski definition) is 5. The van der Waals surface area contributed by atoms with Crippen LogP contribution in [0.4, 0.5) is 0 Å². The van der Waals surface area contributed by atoms with Crippen molar-refractivity contribution in [3.05, 3.63) is 76.6 Å². The van der Waals surface area contributed by atoms with E-state index in [0.717, 1.165) is 10.2 Å². The van der Waals surface area contributed by atoms with E-state index in [4.69, 9.17) is 4.74 Å². The summed E-state index contributed by atoms with van der Waals surface area (Å²) < 4.78 is 7.73. The zero-order chi connectivity index (χ0) is 21.0. The molecule has 0 unspecified atom stereocenters. The van der Waals surface area contributed by atoms with Crippen LogP contribution in [-0.2, 0) is 11.3 Å². The number of amides is 1. The minimum atomic E-state index is -0.407. The van der Waals surface area contributed by atoms with Gasteiger partial charge in [-0.25, -0.2) is 4.79 Å². The van der Waals surface area contributed by atoms with Crippen LogP contribution >= 0.6 is 11.3 Å². The number of aromatic nitrogens is 1. The maximum absolute atomic E-state index is 12.6. The van der Waals surface area contributed by atoms with Gasteiger partial charge >= 0.3 is 5.97 Å². The normalized spacial score (nSPS) is 11.4. The number of fused-ring (bicyclic) bond motifs is 1.